The zero-order chi connectivity index (χ0) is 20.8. The summed E-state index contributed by atoms with van der Waals surface area (Å²) in [4.78, 5) is 27.7. The van der Waals surface area contributed by atoms with Crippen molar-refractivity contribution < 1.29 is 18.7 Å². The van der Waals surface area contributed by atoms with Gasteiger partial charge in [-0.3, -0.25) is 9.59 Å². The first-order valence-corrected chi connectivity index (χ1v) is 9.88. The third-order valence-corrected chi connectivity index (χ3v) is 5.42. The Balaban J connectivity index is 1.81. The number of likely N-dealkylation sites (tertiary alicyclic amines) is 1. The number of ether oxygens (including phenoxy) is 1. The number of rotatable bonds is 7. The normalized spacial score (nSPS) is 18.7. The predicted octanol–water partition coefficient (Wildman–Crippen LogP) is 3.14. The summed E-state index contributed by atoms with van der Waals surface area (Å²) in [6, 6.07) is 13.7. The summed E-state index contributed by atoms with van der Waals surface area (Å²) in [5, 5.41) is 2.93. The minimum absolute atomic E-state index is 0.0980. The molecular weight excluding hydrogens is 371 g/mol. The number of nitrogens with zero attached hydrogens (tertiary/aromatic N) is 1. The van der Waals surface area contributed by atoms with E-state index in [0.29, 0.717) is 38.2 Å². The highest BCUT2D eigenvalue weighted by atomic mass is 19.1. The number of carbonyl (C=O) groups is 2. The molecule has 2 aromatic carbocycles. The van der Waals surface area contributed by atoms with Crippen molar-refractivity contribution in [3.8, 4) is 0 Å². The monoisotopic (exact) mass is 398 g/mol. The van der Waals surface area contributed by atoms with Crippen molar-refractivity contribution in [1.82, 2.24) is 10.2 Å². The van der Waals surface area contributed by atoms with Crippen molar-refractivity contribution in [2.24, 2.45) is 5.92 Å². The van der Waals surface area contributed by atoms with Gasteiger partial charge in [-0.25, -0.2) is 4.39 Å². The molecule has 0 bridgehead atoms. The number of amides is 2. The van der Waals surface area contributed by atoms with Crippen LogP contribution in [-0.4, -0.2) is 50.1 Å². The van der Waals surface area contributed by atoms with E-state index in [9.17, 15) is 14.0 Å². The van der Waals surface area contributed by atoms with Crippen molar-refractivity contribution >= 4 is 11.8 Å². The topological polar surface area (TPSA) is 58.6 Å². The first-order valence-electron chi connectivity index (χ1n) is 9.88. The van der Waals surface area contributed by atoms with E-state index in [4.69, 9.17) is 4.74 Å². The number of benzene rings is 2. The van der Waals surface area contributed by atoms with Crippen molar-refractivity contribution in [1.29, 1.82) is 0 Å². The van der Waals surface area contributed by atoms with Gasteiger partial charge in [-0.1, -0.05) is 30.3 Å². The van der Waals surface area contributed by atoms with Crippen molar-refractivity contribution in [3.63, 3.8) is 0 Å². The molecule has 0 aromatic heterocycles. The van der Waals surface area contributed by atoms with Crippen LogP contribution >= 0.6 is 0 Å². The molecule has 2 aromatic rings. The second-order valence-corrected chi connectivity index (χ2v) is 7.43. The number of aryl methyl sites for hydroxylation is 1. The number of hydrogen-bond donors (Lipinski definition) is 1. The number of hydrogen-bond acceptors (Lipinski definition) is 3. The summed E-state index contributed by atoms with van der Waals surface area (Å²) in [6.45, 7) is 3.66. The lowest BCUT2D eigenvalue weighted by molar-refractivity contribution is -0.124. The van der Waals surface area contributed by atoms with Crippen LogP contribution in [0.3, 0.4) is 0 Å². The highest BCUT2D eigenvalue weighted by molar-refractivity contribution is 5.96. The van der Waals surface area contributed by atoms with Crippen LogP contribution in [0.4, 0.5) is 4.39 Å². The maximum atomic E-state index is 13.8. The van der Waals surface area contributed by atoms with Crippen molar-refractivity contribution in [2.75, 3.05) is 33.4 Å². The molecule has 2 unspecified atom stereocenters. The zero-order valence-electron chi connectivity index (χ0n) is 16.9. The molecule has 1 heterocycles. The number of carbonyl (C=O) groups excluding carboxylic acids is 2. The Kier molecular flexibility index (Phi) is 6.99. The van der Waals surface area contributed by atoms with Crippen LogP contribution in [0.25, 0.3) is 0 Å². The minimum atomic E-state index is -0.424. The summed E-state index contributed by atoms with van der Waals surface area (Å²) >= 11 is 0. The van der Waals surface area contributed by atoms with Gasteiger partial charge in [-0.15, -0.1) is 0 Å². The van der Waals surface area contributed by atoms with E-state index in [2.05, 4.69) is 5.32 Å². The van der Waals surface area contributed by atoms with Crippen molar-refractivity contribution in [3.05, 3.63) is 71.0 Å². The van der Waals surface area contributed by atoms with Gasteiger partial charge >= 0.3 is 0 Å². The maximum absolute atomic E-state index is 13.8. The predicted molar refractivity (Wildman–Crippen MR) is 109 cm³/mol. The van der Waals surface area contributed by atoms with E-state index in [1.807, 2.05) is 31.2 Å². The van der Waals surface area contributed by atoms with Crippen LogP contribution in [0.2, 0.25) is 0 Å². The standard InChI is InChI=1S/C23H27FN2O3/c1-16-7-3-4-10-19(16)23(28)26-14-20(17-8-5-9-18(24)13-17)21(15-26)22(27)25-11-6-12-29-2/h3-5,7-10,13,20-21H,6,11-12,14-15H2,1-2H3,(H,25,27). The van der Waals surface area contributed by atoms with Crippen LogP contribution in [0.15, 0.2) is 48.5 Å². The number of methoxy groups -OCH3 is 1. The van der Waals surface area contributed by atoms with Gasteiger partial charge in [0.05, 0.1) is 5.92 Å². The summed E-state index contributed by atoms with van der Waals surface area (Å²) in [6.07, 6.45) is 0.714. The van der Waals surface area contributed by atoms with Gasteiger partial charge in [0.2, 0.25) is 5.91 Å². The third-order valence-electron chi connectivity index (χ3n) is 5.42. The smallest absolute Gasteiger partial charge is 0.254 e. The van der Waals surface area contributed by atoms with Gasteiger partial charge in [0.1, 0.15) is 5.82 Å². The zero-order valence-corrected chi connectivity index (χ0v) is 16.9. The molecule has 6 heteroatoms. The first kappa shape index (κ1) is 21.0. The minimum Gasteiger partial charge on any atom is -0.385 e. The third kappa shape index (κ3) is 5.01. The van der Waals surface area contributed by atoms with E-state index >= 15 is 0 Å². The van der Waals surface area contributed by atoms with Gasteiger partial charge in [0.25, 0.3) is 5.91 Å². The van der Waals surface area contributed by atoms with Gasteiger partial charge in [-0.2, -0.15) is 0 Å². The van der Waals surface area contributed by atoms with Crippen LogP contribution in [0.5, 0.6) is 0 Å². The molecule has 0 saturated carbocycles. The Morgan fingerprint density at radius 3 is 2.69 bits per heavy atom. The summed E-state index contributed by atoms with van der Waals surface area (Å²) in [5.74, 6) is -1.23. The average molecular weight is 398 g/mol. The Morgan fingerprint density at radius 2 is 1.97 bits per heavy atom. The van der Waals surface area contributed by atoms with E-state index in [1.165, 1.54) is 12.1 Å². The Bertz CT molecular complexity index is 871. The summed E-state index contributed by atoms with van der Waals surface area (Å²) in [5.41, 5.74) is 2.26. The van der Waals surface area contributed by atoms with Gasteiger partial charge in [0.15, 0.2) is 0 Å². The molecule has 154 valence electrons. The number of halogens is 1. The molecule has 1 saturated heterocycles. The fraction of sp³-hybridized carbons (Fsp3) is 0.391. The molecule has 29 heavy (non-hydrogen) atoms. The molecule has 2 amide bonds. The molecular formula is C23H27FN2O3. The molecule has 5 nitrogen and oxygen atoms in total. The fourth-order valence-corrected chi connectivity index (χ4v) is 3.85. The fourth-order valence-electron chi connectivity index (χ4n) is 3.85. The molecule has 0 spiro atoms. The van der Waals surface area contributed by atoms with E-state index in [-0.39, 0.29) is 23.5 Å². The highest BCUT2D eigenvalue weighted by Crippen LogP contribution is 2.34. The largest absolute Gasteiger partial charge is 0.385 e. The maximum Gasteiger partial charge on any atom is 0.254 e. The SMILES string of the molecule is COCCCNC(=O)C1CN(C(=O)c2ccccc2C)CC1c1cccc(F)c1. The molecule has 2 atom stereocenters. The lowest BCUT2D eigenvalue weighted by atomic mass is 9.88. The van der Waals surface area contributed by atoms with Crippen LogP contribution < -0.4 is 5.32 Å². The second-order valence-electron chi connectivity index (χ2n) is 7.43. The van der Waals surface area contributed by atoms with Crippen LogP contribution in [-0.2, 0) is 9.53 Å². The van der Waals surface area contributed by atoms with Gasteiger partial charge in [-0.05, 0) is 42.7 Å². The summed E-state index contributed by atoms with van der Waals surface area (Å²) in [7, 11) is 1.62. The molecule has 1 aliphatic heterocycles. The Labute approximate surface area is 170 Å². The van der Waals surface area contributed by atoms with Gasteiger partial charge in [0, 0.05) is 44.8 Å². The first-order chi connectivity index (χ1) is 14.0. The van der Waals surface area contributed by atoms with E-state index < -0.39 is 5.92 Å². The lowest BCUT2D eigenvalue weighted by Gasteiger charge is -2.18. The number of nitrogens with one attached hydrogen (secondary N) is 1. The second kappa shape index (κ2) is 9.65. The molecule has 0 aliphatic carbocycles. The van der Waals surface area contributed by atoms with Crippen molar-refractivity contribution in [2.45, 2.75) is 19.3 Å². The van der Waals surface area contributed by atoms with E-state index in [0.717, 1.165) is 11.1 Å². The average Bonchev–Trinajstić information content (AvgIpc) is 3.17. The van der Waals surface area contributed by atoms with Crippen LogP contribution in [0, 0.1) is 18.7 Å². The van der Waals surface area contributed by atoms with Crippen LogP contribution in [0.1, 0.15) is 33.8 Å². The van der Waals surface area contributed by atoms with E-state index in [1.54, 1.807) is 24.1 Å². The Morgan fingerprint density at radius 1 is 1.17 bits per heavy atom. The molecule has 1 aliphatic rings. The molecule has 0 radical (unpaired) electrons. The molecule has 1 N–H and O–H groups in total. The molecule has 1 fully saturated rings. The quantitative estimate of drug-likeness (QED) is 0.729. The highest BCUT2D eigenvalue weighted by Gasteiger charge is 2.40. The van der Waals surface area contributed by atoms with Gasteiger partial charge < -0.3 is 15.0 Å². The lowest BCUT2D eigenvalue weighted by Crippen LogP contribution is -2.36. The summed E-state index contributed by atoms with van der Waals surface area (Å²) < 4.78 is 18.8. The molecule has 3 rings (SSSR count). The Hall–Kier alpha value is -2.73.